The third kappa shape index (κ3) is 5.26. The zero-order valence-corrected chi connectivity index (χ0v) is 13.2. The van der Waals surface area contributed by atoms with Gasteiger partial charge >= 0.3 is 0 Å². The molecule has 0 saturated heterocycles. The highest BCUT2D eigenvalue weighted by Crippen LogP contribution is 2.22. The molecule has 2 aromatic rings. The Hall–Kier alpha value is -2.27. The van der Waals surface area contributed by atoms with Gasteiger partial charge in [0.05, 0.1) is 23.8 Å². The number of halogens is 1. The molecule has 1 aromatic carbocycles. The number of aliphatic imine (C=N–C) groups is 1. The molecule has 2 N–H and O–H groups in total. The molecule has 22 heavy (non-hydrogen) atoms. The smallest absolute Gasteiger partial charge is 0.191 e. The van der Waals surface area contributed by atoms with Crippen LogP contribution in [-0.2, 0) is 6.54 Å². The maximum atomic E-state index is 6.02. The molecule has 0 spiro atoms. The molecule has 0 aliphatic carbocycles. The molecule has 0 aliphatic rings. The molecule has 1 heterocycles. The molecule has 0 aliphatic heterocycles. The first-order valence-corrected chi connectivity index (χ1v) is 7.39. The lowest BCUT2D eigenvalue weighted by molar-refractivity contribution is 0.322. The van der Waals surface area contributed by atoms with Gasteiger partial charge in [-0.25, -0.2) is 0 Å². The number of guanidine groups is 1. The van der Waals surface area contributed by atoms with Crippen LogP contribution in [0.1, 0.15) is 5.69 Å². The van der Waals surface area contributed by atoms with E-state index in [9.17, 15) is 0 Å². The fraction of sp³-hybridized carbons (Fsp3) is 0.250. The molecule has 0 bridgehead atoms. The lowest BCUT2D eigenvalue weighted by Crippen LogP contribution is -2.39. The van der Waals surface area contributed by atoms with E-state index in [-0.39, 0.29) is 0 Å². The molecule has 2 rings (SSSR count). The third-order valence-corrected chi connectivity index (χ3v) is 3.19. The average molecular weight is 319 g/mol. The van der Waals surface area contributed by atoms with E-state index in [1.165, 1.54) is 0 Å². The largest absolute Gasteiger partial charge is 0.490 e. The molecule has 0 saturated carbocycles. The second-order valence-corrected chi connectivity index (χ2v) is 4.86. The van der Waals surface area contributed by atoms with E-state index in [2.05, 4.69) is 20.6 Å². The van der Waals surface area contributed by atoms with Gasteiger partial charge in [-0.15, -0.1) is 0 Å². The van der Waals surface area contributed by atoms with Crippen molar-refractivity contribution in [1.29, 1.82) is 0 Å². The molecule has 6 heteroatoms. The molecule has 116 valence electrons. The Kier molecular flexibility index (Phi) is 6.51. The number of nitrogens with zero attached hydrogens (tertiary/aromatic N) is 2. The van der Waals surface area contributed by atoms with Gasteiger partial charge in [0.1, 0.15) is 12.4 Å². The highest BCUT2D eigenvalue weighted by Gasteiger charge is 2.01. The van der Waals surface area contributed by atoms with Crippen LogP contribution in [-0.4, -0.2) is 31.1 Å². The van der Waals surface area contributed by atoms with Crippen molar-refractivity contribution in [2.45, 2.75) is 6.54 Å². The van der Waals surface area contributed by atoms with Crippen LogP contribution in [0.15, 0.2) is 53.7 Å². The molecule has 0 radical (unpaired) electrons. The summed E-state index contributed by atoms with van der Waals surface area (Å²) in [5, 5.41) is 6.97. The van der Waals surface area contributed by atoms with Crippen LogP contribution in [0, 0.1) is 0 Å². The predicted molar refractivity (Wildman–Crippen MR) is 89.4 cm³/mol. The lowest BCUT2D eigenvalue weighted by atomic mass is 10.3. The van der Waals surface area contributed by atoms with Crippen molar-refractivity contribution in [3.05, 3.63) is 59.4 Å². The second kappa shape index (κ2) is 8.89. The van der Waals surface area contributed by atoms with Crippen molar-refractivity contribution >= 4 is 17.6 Å². The summed E-state index contributed by atoms with van der Waals surface area (Å²) < 4.78 is 5.60. The van der Waals surface area contributed by atoms with Crippen LogP contribution < -0.4 is 15.4 Å². The van der Waals surface area contributed by atoms with Crippen LogP contribution in [0.25, 0.3) is 0 Å². The number of hydrogen-bond donors (Lipinski definition) is 2. The van der Waals surface area contributed by atoms with Crippen molar-refractivity contribution in [2.75, 3.05) is 20.2 Å². The number of hydrogen-bond acceptors (Lipinski definition) is 3. The molecule has 0 fully saturated rings. The van der Waals surface area contributed by atoms with Crippen molar-refractivity contribution < 1.29 is 4.74 Å². The number of ether oxygens (including phenoxy) is 1. The summed E-state index contributed by atoms with van der Waals surface area (Å²) in [7, 11) is 1.72. The van der Waals surface area contributed by atoms with Crippen molar-refractivity contribution in [2.24, 2.45) is 4.99 Å². The minimum atomic E-state index is 0.494. The number of aromatic nitrogens is 1. The van der Waals surface area contributed by atoms with E-state index >= 15 is 0 Å². The molecular weight excluding hydrogens is 300 g/mol. The van der Waals surface area contributed by atoms with Crippen LogP contribution in [0.5, 0.6) is 5.75 Å². The summed E-state index contributed by atoms with van der Waals surface area (Å²) in [6, 6.07) is 13.2. The van der Waals surface area contributed by atoms with Gasteiger partial charge in [-0.2, -0.15) is 0 Å². The Labute approximate surface area is 135 Å². The summed E-state index contributed by atoms with van der Waals surface area (Å²) in [4.78, 5) is 8.40. The van der Waals surface area contributed by atoms with Gasteiger partial charge in [-0.05, 0) is 24.3 Å². The Morgan fingerprint density at radius 1 is 1.18 bits per heavy atom. The molecule has 0 unspecified atom stereocenters. The van der Waals surface area contributed by atoms with Gasteiger partial charge in [0.25, 0.3) is 0 Å². The first-order chi connectivity index (χ1) is 10.8. The SMILES string of the molecule is CN=C(NCCOc1ccccc1Cl)NCc1ccccn1. The van der Waals surface area contributed by atoms with Crippen LogP contribution >= 0.6 is 11.6 Å². The van der Waals surface area contributed by atoms with Crippen molar-refractivity contribution in [3.8, 4) is 5.75 Å². The van der Waals surface area contributed by atoms with E-state index < -0.39 is 0 Å². The van der Waals surface area contributed by atoms with E-state index in [1.807, 2.05) is 36.4 Å². The minimum absolute atomic E-state index is 0.494. The van der Waals surface area contributed by atoms with E-state index in [0.29, 0.717) is 36.4 Å². The Morgan fingerprint density at radius 3 is 2.73 bits per heavy atom. The molecule has 0 atom stereocenters. The standard InChI is InChI=1S/C16H19ClN4O/c1-18-16(21-12-13-6-4-5-9-19-13)20-10-11-22-15-8-3-2-7-14(15)17/h2-9H,10-12H2,1H3,(H2,18,20,21). The minimum Gasteiger partial charge on any atom is -0.490 e. The van der Waals surface area contributed by atoms with E-state index in [0.717, 1.165) is 5.69 Å². The number of rotatable bonds is 6. The van der Waals surface area contributed by atoms with Gasteiger partial charge < -0.3 is 15.4 Å². The third-order valence-electron chi connectivity index (χ3n) is 2.88. The Morgan fingerprint density at radius 2 is 2.00 bits per heavy atom. The Bertz CT molecular complexity index is 604. The maximum Gasteiger partial charge on any atom is 0.191 e. The van der Waals surface area contributed by atoms with Crippen LogP contribution in [0.3, 0.4) is 0 Å². The number of nitrogens with one attached hydrogen (secondary N) is 2. The lowest BCUT2D eigenvalue weighted by Gasteiger charge is -2.12. The van der Waals surface area contributed by atoms with Crippen LogP contribution in [0.2, 0.25) is 5.02 Å². The van der Waals surface area contributed by atoms with Crippen molar-refractivity contribution in [1.82, 2.24) is 15.6 Å². The van der Waals surface area contributed by atoms with E-state index in [1.54, 1.807) is 19.3 Å². The second-order valence-electron chi connectivity index (χ2n) is 4.45. The topological polar surface area (TPSA) is 58.5 Å². The van der Waals surface area contributed by atoms with Gasteiger partial charge in [0.2, 0.25) is 0 Å². The summed E-state index contributed by atoms with van der Waals surface area (Å²) in [6.07, 6.45) is 1.77. The zero-order chi connectivity index (χ0) is 15.6. The summed E-state index contributed by atoms with van der Waals surface area (Å²) >= 11 is 6.02. The van der Waals surface area contributed by atoms with Crippen LogP contribution in [0.4, 0.5) is 0 Å². The number of para-hydroxylation sites is 1. The molecular formula is C16H19ClN4O. The normalized spacial score (nSPS) is 11.1. The van der Waals surface area contributed by atoms with E-state index in [4.69, 9.17) is 16.3 Å². The first-order valence-electron chi connectivity index (χ1n) is 7.01. The maximum absolute atomic E-state index is 6.02. The predicted octanol–water partition coefficient (Wildman–Crippen LogP) is 2.48. The highest BCUT2D eigenvalue weighted by atomic mass is 35.5. The molecule has 5 nitrogen and oxygen atoms in total. The highest BCUT2D eigenvalue weighted by molar-refractivity contribution is 6.32. The summed E-state index contributed by atoms with van der Waals surface area (Å²) in [6.45, 7) is 1.73. The summed E-state index contributed by atoms with van der Waals surface area (Å²) in [5.74, 6) is 1.39. The quantitative estimate of drug-likeness (QED) is 0.488. The van der Waals surface area contributed by atoms with Gasteiger partial charge in [0.15, 0.2) is 5.96 Å². The number of pyridine rings is 1. The zero-order valence-electron chi connectivity index (χ0n) is 12.4. The fourth-order valence-corrected chi connectivity index (χ4v) is 1.98. The first kappa shape index (κ1) is 16.1. The fourth-order valence-electron chi connectivity index (χ4n) is 1.79. The number of benzene rings is 1. The monoisotopic (exact) mass is 318 g/mol. The van der Waals surface area contributed by atoms with Gasteiger partial charge in [-0.3, -0.25) is 9.98 Å². The average Bonchev–Trinajstić information content (AvgIpc) is 2.56. The molecule has 0 amide bonds. The Balaban J connectivity index is 1.70. The van der Waals surface area contributed by atoms with Gasteiger partial charge in [0, 0.05) is 13.2 Å². The van der Waals surface area contributed by atoms with Gasteiger partial charge in [-0.1, -0.05) is 29.8 Å². The molecule has 1 aromatic heterocycles. The summed E-state index contributed by atoms with van der Waals surface area (Å²) in [5.41, 5.74) is 0.956. The van der Waals surface area contributed by atoms with Crippen molar-refractivity contribution in [3.63, 3.8) is 0 Å².